The Kier molecular flexibility index (Phi) is 5.57. The zero-order chi connectivity index (χ0) is 20.3. The molecule has 3 N–H and O–H groups in total. The lowest BCUT2D eigenvalue weighted by atomic mass is 9.99. The Morgan fingerprint density at radius 1 is 1.11 bits per heavy atom. The van der Waals surface area contributed by atoms with Gasteiger partial charge >= 0.3 is 5.97 Å². The summed E-state index contributed by atoms with van der Waals surface area (Å²) in [6, 6.07) is 9.03. The van der Waals surface area contributed by atoms with Crippen LogP contribution in [0.25, 0.3) is 6.08 Å². The predicted molar refractivity (Wildman–Crippen MR) is 99.3 cm³/mol. The molecule has 0 spiro atoms. The van der Waals surface area contributed by atoms with E-state index in [1.807, 2.05) is 0 Å². The topological polar surface area (TPSA) is 113 Å². The molecule has 1 aliphatic rings. The fraction of sp³-hybridized carbons (Fsp3) is 0.158. The van der Waals surface area contributed by atoms with Crippen LogP contribution in [-0.2, 0) is 26.0 Å². The minimum absolute atomic E-state index is 0.0295. The number of rotatable bonds is 7. The van der Waals surface area contributed by atoms with Crippen molar-refractivity contribution in [1.82, 2.24) is 10.0 Å². The highest BCUT2D eigenvalue weighted by molar-refractivity contribution is 7.89. The summed E-state index contributed by atoms with van der Waals surface area (Å²) in [6.45, 7) is -0.468. The molecule has 3 rings (SSSR count). The molecule has 7 nitrogen and oxygen atoms in total. The second-order valence-electron chi connectivity index (χ2n) is 6.18. The van der Waals surface area contributed by atoms with Gasteiger partial charge in [0, 0.05) is 0 Å². The molecule has 9 heteroatoms. The van der Waals surface area contributed by atoms with Gasteiger partial charge in [0.2, 0.25) is 15.9 Å². The van der Waals surface area contributed by atoms with Gasteiger partial charge in [0.25, 0.3) is 0 Å². The number of nitrogens with one attached hydrogen (secondary N) is 2. The summed E-state index contributed by atoms with van der Waals surface area (Å²) in [4.78, 5) is 22.4. The lowest BCUT2D eigenvalue weighted by Crippen LogP contribution is -2.30. The van der Waals surface area contributed by atoms with Gasteiger partial charge in [-0.25, -0.2) is 12.8 Å². The van der Waals surface area contributed by atoms with Crippen LogP contribution in [0, 0.1) is 5.82 Å². The van der Waals surface area contributed by atoms with E-state index in [1.165, 1.54) is 12.1 Å². The van der Waals surface area contributed by atoms with Crippen molar-refractivity contribution in [2.45, 2.75) is 17.4 Å². The highest BCUT2D eigenvalue weighted by Crippen LogP contribution is 2.32. The van der Waals surface area contributed by atoms with E-state index in [1.54, 1.807) is 30.4 Å². The molecule has 146 valence electrons. The molecule has 2 aromatic rings. The van der Waals surface area contributed by atoms with Crippen LogP contribution in [0.2, 0.25) is 0 Å². The Bertz CT molecular complexity index is 1050. The quantitative estimate of drug-likeness (QED) is 0.649. The van der Waals surface area contributed by atoms with E-state index in [0.717, 1.165) is 12.1 Å². The molecule has 1 amide bonds. The maximum atomic E-state index is 13.0. The summed E-state index contributed by atoms with van der Waals surface area (Å²) in [7, 11) is -3.87. The van der Waals surface area contributed by atoms with E-state index in [4.69, 9.17) is 5.11 Å². The minimum Gasteiger partial charge on any atom is -0.480 e. The Morgan fingerprint density at radius 2 is 1.82 bits per heavy atom. The van der Waals surface area contributed by atoms with Crippen LogP contribution in [-0.4, -0.2) is 31.9 Å². The largest absolute Gasteiger partial charge is 0.480 e. The fourth-order valence-corrected chi connectivity index (χ4v) is 4.09. The highest BCUT2D eigenvalue weighted by Gasteiger charge is 2.25. The monoisotopic (exact) mass is 404 g/mol. The normalized spacial score (nSPS) is 15.2. The molecule has 0 radical (unpaired) electrons. The number of carboxylic acids is 1. The predicted octanol–water partition coefficient (Wildman–Crippen LogP) is 1.62. The average molecular weight is 404 g/mol. The molecule has 0 bridgehead atoms. The molecule has 0 saturated carbocycles. The standard InChI is InChI=1S/C19H17FN2O5S/c20-13-4-6-14(7-5-13)28(26,27)22-17-9-8-15-12(2-1-3-16(15)17)10-18(23)21-11-19(24)25/h1-9,17,22H,10-11H2,(H,21,23)(H,24,25). The lowest BCUT2D eigenvalue weighted by molar-refractivity contribution is -0.137. The first-order valence-electron chi connectivity index (χ1n) is 8.32. The van der Waals surface area contributed by atoms with E-state index in [9.17, 15) is 22.4 Å². The third-order valence-electron chi connectivity index (χ3n) is 4.21. The van der Waals surface area contributed by atoms with Crippen LogP contribution < -0.4 is 10.0 Å². The second kappa shape index (κ2) is 7.91. The highest BCUT2D eigenvalue weighted by atomic mass is 32.2. The molecular formula is C19H17FN2O5S. The fourth-order valence-electron chi connectivity index (χ4n) is 2.92. The SMILES string of the molecule is O=C(O)CNC(=O)Cc1cccc2c1C=CC2NS(=O)(=O)c1ccc(F)cc1. The molecular weight excluding hydrogens is 387 g/mol. The summed E-state index contributed by atoms with van der Waals surface area (Å²) >= 11 is 0. The van der Waals surface area contributed by atoms with Gasteiger partial charge in [-0.1, -0.05) is 30.4 Å². The zero-order valence-electron chi connectivity index (χ0n) is 14.6. The van der Waals surface area contributed by atoms with Crippen LogP contribution in [0.3, 0.4) is 0 Å². The maximum Gasteiger partial charge on any atom is 0.322 e. The smallest absolute Gasteiger partial charge is 0.322 e. The van der Waals surface area contributed by atoms with Crippen molar-refractivity contribution in [3.8, 4) is 0 Å². The first-order valence-corrected chi connectivity index (χ1v) is 9.81. The van der Waals surface area contributed by atoms with Crippen molar-refractivity contribution in [2.24, 2.45) is 0 Å². The molecule has 1 aliphatic carbocycles. The Labute approximate surface area is 160 Å². The van der Waals surface area contributed by atoms with Gasteiger partial charge in [-0.15, -0.1) is 0 Å². The first kappa shape index (κ1) is 19.7. The number of benzene rings is 2. The average Bonchev–Trinajstić information content (AvgIpc) is 3.04. The van der Waals surface area contributed by atoms with Gasteiger partial charge in [0.15, 0.2) is 0 Å². The van der Waals surface area contributed by atoms with Gasteiger partial charge in [-0.3, -0.25) is 9.59 Å². The number of aliphatic carboxylic acids is 1. The van der Waals surface area contributed by atoms with Crippen molar-refractivity contribution >= 4 is 28.0 Å². The van der Waals surface area contributed by atoms with E-state index in [0.29, 0.717) is 16.7 Å². The van der Waals surface area contributed by atoms with Crippen molar-refractivity contribution in [3.05, 3.63) is 71.0 Å². The third kappa shape index (κ3) is 4.44. The van der Waals surface area contributed by atoms with Crippen LogP contribution in [0.4, 0.5) is 4.39 Å². The summed E-state index contributed by atoms with van der Waals surface area (Å²) in [5.74, 6) is -2.11. The summed E-state index contributed by atoms with van der Waals surface area (Å²) in [5, 5.41) is 10.9. The van der Waals surface area contributed by atoms with E-state index in [2.05, 4.69) is 10.0 Å². The van der Waals surface area contributed by atoms with Gasteiger partial charge in [-0.05, 0) is 41.0 Å². The third-order valence-corrected chi connectivity index (χ3v) is 5.67. The van der Waals surface area contributed by atoms with Crippen LogP contribution in [0.5, 0.6) is 0 Å². The van der Waals surface area contributed by atoms with Gasteiger partial charge in [0.1, 0.15) is 12.4 Å². The molecule has 2 aromatic carbocycles. The van der Waals surface area contributed by atoms with Crippen molar-refractivity contribution in [1.29, 1.82) is 0 Å². The van der Waals surface area contributed by atoms with Gasteiger partial charge in [0.05, 0.1) is 17.4 Å². The summed E-state index contributed by atoms with van der Waals surface area (Å²) in [6.07, 6.45) is 3.34. The molecule has 0 aromatic heterocycles. The van der Waals surface area contributed by atoms with Crippen LogP contribution >= 0.6 is 0 Å². The van der Waals surface area contributed by atoms with Crippen molar-refractivity contribution in [3.63, 3.8) is 0 Å². The molecule has 0 heterocycles. The second-order valence-corrected chi connectivity index (χ2v) is 7.89. The Hall–Kier alpha value is -3.04. The van der Waals surface area contributed by atoms with Gasteiger partial charge in [-0.2, -0.15) is 4.72 Å². The molecule has 0 aliphatic heterocycles. The van der Waals surface area contributed by atoms with Gasteiger partial charge < -0.3 is 10.4 Å². The van der Waals surface area contributed by atoms with Crippen molar-refractivity contribution in [2.75, 3.05) is 6.54 Å². The van der Waals surface area contributed by atoms with E-state index in [-0.39, 0.29) is 11.3 Å². The minimum atomic E-state index is -3.87. The molecule has 1 unspecified atom stereocenters. The zero-order valence-corrected chi connectivity index (χ0v) is 15.4. The number of carbonyl (C=O) groups is 2. The molecule has 0 fully saturated rings. The number of carbonyl (C=O) groups excluding carboxylic acids is 1. The maximum absolute atomic E-state index is 13.0. The van der Waals surface area contributed by atoms with E-state index < -0.39 is 40.3 Å². The number of hydrogen-bond donors (Lipinski definition) is 3. The number of fused-ring (bicyclic) bond motifs is 1. The molecule has 0 saturated heterocycles. The molecule has 1 atom stereocenters. The van der Waals surface area contributed by atoms with Crippen LogP contribution in [0.1, 0.15) is 22.7 Å². The first-order chi connectivity index (χ1) is 13.3. The Balaban J connectivity index is 1.77. The lowest BCUT2D eigenvalue weighted by Gasteiger charge is -2.15. The number of hydrogen-bond acceptors (Lipinski definition) is 4. The summed E-state index contributed by atoms with van der Waals surface area (Å²) < 4.78 is 40.7. The number of amides is 1. The summed E-state index contributed by atoms with van der Waals surface area (Å²) in [5.41, 5.74) is 2.04. The Morgan fingerprint density at radius 3 is 2.50 bits per heavy atom. The van der Waals surface area contributed by atoms with Crippen LogP contribution in [0.15, 0.2) is 53.4 Å². The van der Waals surface area contributed by atoms with E-state index >= 15 is 0 Å². The number of carboxylic acid groups (broad SMARTS) is 1. The number of sulfonamides is 1. The molecule has 28 heavy (non-hydrogen) atoms. The number of halogens is 1. The van der Waals surface area contributed by atoms with Crippen molar-refractivity contribution < 1.29 is 27.5 Å².